The first-order valence-electron chi connectivity index (χ1n) is 24.7. The molecule has 0 amide bonds. The molecule has 0 saturated carbocycles. The van der Waals surface area contributed by atoms with Crippen LogP contribution in [0.1, 0.15) is 22.3 Å². The van der Waals surface area contributed by atoms with Crippen molar-refractivity contribution in [2.24, 2.45) is 0 Å². The SMILES string of the molecule is c1ccc(-c2nc(-c3ccc4c(c3)C(c3ccccc3)(c3ccccc3)c3ccccc3-4)cc(-c3ccc(-c4ccc(-c5ccc6c7ccccc7n(-c7ccccc7)c6c5)cc4)c4ccccc34)n2)cc1. The quantitative estimate of drug-likeness (QED) is 0.152. The summed E-state index contributed by atoms with van der Waals surface area (Å²) in [6, 6.07) is 98.9. The van der Waals surface area contributed by atoms with Crippen LogP contribution in [-0.2, 0) is 5.41 Å². The summed E-state index contributed by atoms with van der Waals surface area (Å²) in [6.45, 7) is 0. The van der Waals surface area contributed by atoms with Crippen LogP contribution in [-0.4, -0.2) is 14.5 Å². The average molecular weight is 916 g/mol. The maximum atomic E-state index is 5.38. The molecule has 0 saturated heterocycles. The Balaban J connectivity index is 0.885. The number of benzene rings is 11. The van der Waals surface area contributed by atoms with Crippen molar-refractivity contribution < 1.29 is 0 Å². The van der Waals surface area contributed by atoms with Crippen molar-refractivity contribution in [3.05, 3.63) is 295 Å². The highest BCUT2D eigenvalue weighted by atomic mass is 15.0. The highest BCUT2D eigenvalue weighted by Gasteiger charge is 2.46. The summed E-state index contributed by atoms with van der Waals surface area (Å²) < 4.78 is 2.38. The summed E-state index contributed by atoms with van der Waals surface area (Å²) in [6.07, 6.45) is 0. The largest absolute Gasteiger partial charge is 0.309 e. The van der Waals surface area contributed by atoms with E-state index in [0.29, 0.717) is 5.82 Å². The molecule has 0 atom stereocenters. The molecule has 1 aliphatic rings. The van der Waals surface area contributed by atoms with Gasteiger partial charge in [0.1, 0.15) is 0 Å². The van der Waals surface area contributed by atoms with Crippen molar-refractivity contribution in [2.45, 2.75) is 5.41 Å². The molecular formula is C69H45N3. The van der Waals surface area contributed by atoms with E-state index < -0.39 is 5.41 Å². The van der Waals surface area contributed by atoms with Gasteiger partial charge in [-0.25, -0.2) is 9.97 Å². The fraction of sp³-hybridized carbons (Fsp3) is 0.0145. The van der Waals surface area contributed by atoms with Crippen LogP contribution in [0.2, 0.25) is 0 Å². The minimum Gasteiger partial charge on any atom is -0.309 e. The number of para-hydroxylation sites is 2. The van der Waals surface area contributed by atoms with Crippen molar-refractivity contribution in [3.63, 3.8) is 0 Å². The molecule has 3 nitrogen and oxygen atoms in total. The Hall–Kier alpha value is -9.44. The van der Waals surface area contributed by atoms with Gasteiger partial charge in [0, 0.05) is 33.2 Å². The van der Waals surface area contributed by atoms with Crippen LogP contribution in [0, 0.1) is 0 Å². The van der Waals surface area contributed by atoms with E-state index in [-0.39, 0.29) is 0 Å². The van der Waals surface area contributed by atoms with Gasteiger partial charge in [-0.05, 0) is 103 Å². The Morgan fingerprint density at radius 3 is 1.53 bits per heavy atom. The van der Waals surface area contributed by atoms with Gasteiger partial charge in [0.25, 0.3) is 0 Å². The van der Waals surface area contributed by atoms with Gasteiger partial charge in [-0.3, -0.25) is 0 Å². The second-order valence-corrected chi connectivity index (χ2v) is 18.8. The fourth-order valence-electron chi connectivity index (χ4n) is 11.7. The summed E-state index contributed by atoms with van der Waals surface area (Å²) in [4.78, 5) is 10.8. The summed E-state index contributed by atoms with van der Waals surface area (Å²) in [5, 5.41) is 4.81. The molecule has 14 rings (SSSR count). The number of nitrogens with zero attached hydrogens (tertiary/aromatic N) is 3. The summed E-state index contributed by atoms with van der Waals surface area (Å²) >= 11 is 0. The van der Waals surface area contributed by atoms with Crippen LogP contribution in [0.3, 0.4) is 0 Å². The molecule has 336 valence electrons. The van der Waals surface area contributed by atoms with Crippen molar-refractivity contribution in [2.75, 3.05) is 0 Å². The molecule has 0 fully saturated rings. The monoisotopic (exact) mass is 915 g/mol. The Morgan fingerprint density at radius 1 is 0.278 bits per heavy atom. The van der Waals surface area contributed by atoms with Crippen LogP contribution in [0.4, 0.5) is 0 Å². The first kappa shape index (κ1) is 41.5. The van der Waals surface area contributed by atoms with E-state index >= 15 is 0 Å². The molecule has 0 unspecified atom stereocenters. The third kappa shape index (κ3) is 6.59. The van der Waals surface area contributed by atoms with Crippen LogP contribution < -0.4 is 0 Å². The summed E-state index contributed by atoms with van der Waals surface area (Å²) in [7, 11) is 0. The van der Waals surface area contributed by atoms with Gasteiger partial charge in [0.2, 0.25) is 0 Å². The lowest BCUT2D eigenvalue weighted by atomic mass is 9.67. The Morgan fingerprint density at radius 2 is 0.792 bits per heavy atom. The maximum Gasteiger partial charge on any atom is 0.160 e. The zero-order valence-corrected chi connectivity index (χ0v) is 39.3. The molecule has 72 heavy (non-hydrogen) atoms. The van der Waals surface area contributed by atoms with E-state index in [2.05, 4.69) is 271 Å². The minimum absolute atomic E-state index is 0.524. The normalized spacial score (nSPS) is 12.6. The predicted octanol–water partition coefficient (Wildman–Crippen LogP) is 17.4. The van der Waals surface area contributed by atoms with Gasteiger partial charge in [0.15, 0.2) is 5.82 Å². The molecule has 1 aliphatic carbocycles. The van der Waals surface area contributed by atoms with Crippen molar-refractivity contribution in [1.29, 1.82) is 0 Å². The molecule has 0 bridgehead atoms. The van der Waals surface area contributed by atoms with Crippen LogP contribution in [0.25, 0.3) is 106 Å². The Bertz CT molecular complexity index is 4140. The number of aromatic nitrogens is 3. The molecule has 2 aromatic heterocycles. The Kier molecular flexibility index (Phi) is 9.75. The molecule has 0 radical (unpaired) electrons. The van der Waals surface area contributed by atoms with Crippen molar-refractivity contribution in [1.82, 2.24) is 14.5 Å². The molecule has 0 spiro atoms. The van der Waals surface area contributed by atoms with E-state index in [1.165, 1.54) is 77.3 Å². The summed E-state index contributed by atoms with van der Waals surface area (Å²) in [5.74, 6) is 0.690. The first-order chi connectivity index (χ1) is 35.7. The number of fused-ring (bicyclic) bond motifs is 7. The lowest BCUT2D eigenvalue weighted by molar-refractivity contribution is 0.768. The van der Waals surface area contributed by atoms with Crippen LogP contribution in [0.5, 0.6) is 0 Å². The topological polar surface area (TPSA) is 30.7 Å². The van der Waals surface area contributed by atoms with Crippen LogP contribution in [0.15, 0.2) is 273 Å². The molecule has 0 N–H and O–H groups in total. The second kappa shape index (κ2) is 16.9. The minimum atomic E-state index is -0.524. The lowest BCUT2D eigenvalue weighted by Crippen LogP contribution is -2.28. The van der Waals surface area contributed by atoms with Crippen LogP contribution >= 0.6 is 0 Å². The van der Waals surface area contributed by atoms with Gasteiger partial charge >= 0.3 is 0 Å². The zero-order valence-electron chi connectivity index (χ0n) is 39.3. The molecule has 13 aromatic rings. The highest BCUT2D eigenvalue weighted by molar-refractivity contribution is 6.10. The fourth-order valence-corrected chi connectivity index (χ4v) is 11.7. The lowest BCUT2D eigenvalue weighted by Gasteiger charge is -2.34. The number of hydrogen-bond donors (Lipinski definition) is 0. The van der Waals surface area contributed by atoms with Gasteiger partial charge in [-0.1, -0.05) is 237 Å². The number of hydrogen-bond acceptors (Lipinski definition) is 2. The maximum absolute atomic E-state index is 5.38. The van der Waals surface area contributed by atoms with Gasteiger partial charge in [0.05, 0.1) is 27.8 Å². The van der Waals surface area contributed by atoms with Gasteiger partial charge in [-0.2, -0.15) is 0 Å². The van der Waals surface area contributed by atoms with Crippen molar-refractivity contribution >= 4 is 32.6 Å². The second-order valence-electron chi connectivity index (χ2n) is 18.8. The highest BCUT2D eigenvalue weighted by Crippen LogP contribution is 2.57. The smallest absolute Gasteiger partial charge is 0.160 e. The van der Waals surface area contributed by atoms with E-state index in [1.807, 2.05) is 6.07 Å². The average Bonchev–Trinajstić information content (AvgIpc) is 3.96. The third-order valence-electron chi connectivity index (χ3n) is 14.9. The van der Waals surface area contributed by atoms with E-state index in [9.17, 15) is 0 Å². The predicted molar refractivity (Wildman–Crippen MR) is 298 cm³/mol. The van der Waals surface area contributed by atoms with Gasteiger partial charge < -0.3 is 4.57 Å². The number of rotatable bonds is 8. The Labute approximate surface area is 418 Å². The van der Waals surface area contributed by atoms with E-state index in [0.717, 1.165) is 44.7 Å². The summed E-state index contributed by atoms with van der Waals surface area (Å²) in [5.41, 5.74) is 20.1. The molecule has 0 aliphatic heterocycles. The molecule has 3 heteroatoms. The molecule has 2 heterocycles. The first-order valence-corrected chi connectivity index (χ1v) is 24.7. The molecular weight excluding hydrogens is 871 g/mol. The third-order valence-corrected chi connectivity index (χ3v) is 14.9. The standard InChI is InChI=1S/C69H45N3/c1-5-19-48(20-6-1)68-70-64(50-38-39-58-57-29-15-17-31-62(57)69(63(58)43-50,51-21-7-2-8-22-51)52-23-9-3-10-24-52)45-65(71-68)59-42-41-54(55-27-13-14-28-56(55)59)47-35-33-46(34-36-47)49-37-40-61-60-30-16-18-32-66(60)72(67(61)44-49)53-25-11-4-12-26-53/h1-45H. The van der Waals surface area contributed by atoms with E-state index in [1.54, 1.807) is 0 Å². The van der Waals surface area contributed by atoms with Gasteiger partial charge in [-0.15, -0.1) is 0 Å². The molecule has 11 aromatic carbocycles. The zero-order chi connectivity index (χ0) is 47.6. The van der Waals surface area contributed by atoms with Crippen molar-refractivity contribution in [3.8, 4) is 73.0 Å². The van der Waals surface area contributed by atoms with E-state index in [4.69, 9.17) is 9.97 Å².